The number of halogens is 2. The second kappa shape index (κ2) is 5.21. The molecule has 0 unspecified atom stereocenters. The van der Waals surface area contributed by atoms with Crippen molar-refractivity contribution in [2.24, 2.45) is 0 Å². The second-order valence-electron chi connectivity index (χ2n) is 4.18. The van der Waals surface area contributed by atoms with Gasteiger partial charge in [-0.3, -0.25) is 0 Å². The molecule has 1 aliphatic rings. The van der Waals surface area contributed by atoms with Gasteiger partial charge in [-0.05, 0) is 57.2 Å². The summed E-state index contributed by atoms with van der Waals surface area (Å²) in [6, 6.07) is 1.97. The van der Waals surface area contributed by atoms with Crippen LogP contribution in [0.5, 0.6) is 0 Å². The van der Waals surface area contributed by atoms with Crippen molar-refractivity contribution < 1.29 is 9.15 Å². The smallest absolute Gasteiger partial charge is 0.183 e. The Kier molecular flexibility index (Phi) is 4.11. The van der Waals surface area contributed by atoms with Gasteiger partial charge in [0.25, 0.3) is 0 Å². The summed E-state index contributed by atoms with van der Waals surface area (Å²) in [6.45, 7) is 1.62. The molecule has 0 aliphatic heterocycles. The van der Waals surface area contributed by atoms with E-state index >= 15 is 0 Å². The van der Waals surface area contributed by atoms with Crippen LogP contribution in [0.25, 0.3) is 0 Å². The number of ether oxygens (including phenoxy) is 1. The molecule has 1 aromatic rings. The van der Waals surface area contributed by atoms with Gasteiger partial charge in [-0.2, -0.15) is 0 Å². The van der Waals surface area contributed by atoms with E-state index in [1.54, 1.807) is 7.11 Å². The number of rotatable bonds is 5. The van der Waals surface area contributed by atoms with E-state index in [-0.39, 0.29) is 5.60 Å². The zero-order valence-corrected chi connectivity index (χ0v) is 12.4. The first-order valence-corrected chi connectivity index (χ1v) is 6.93. The van der Waals surface area contributed by atoms with Gasteiger partial charge in [0.15, 0.2) is 4.67 Å². The lowest BCUT2D eigenvalue weighted by Gasteiger charge is -2.40. The first kappa shape index (κ1) is 12.6. The lowest BCUT2D eigenvalue weighted by atomic mass is 9.80. The minimum Gasteiger partial charge on any atom is -0.452 e. The summed E-state index contributed by atoms with van der Waals surface area (Å²) in [6.07, 6.45) is 3.58. The van der Waals surface area contributed by atoms with Crippen LogP contribution in [0, 0.1) is 0 Å². The van der Waals surface area contributed by atoms with Crippen LogP contribution in [0.4, 0.5) is 0 Å². The molecule has 3 nitrogen and oxygen atoms in total. The number of hydrogen-bond acceptors (Lipinski definition) is 3. The molecule has 0 saturated heterocycles. The molecular formula is C11H15Br2NO2. The topological polar surface area (TPSA) is 34.4 Å². The number of furan rings is 1. The van der Waals surface area contributed by atoms with Crippen LogP contribution in [0.3, 0.4) is 0 Å². The Balaban J connectivity index is 1.79. The summed E-state index contributed by atoms with van der Waals surface area (Å²) in [5.41, 5.74) is 0.0705. The van der Waals surface area contributed by atoms with E-state index in [2.05, 4.69) is 37.2 Å². The third-order valence-corrected chi connectivity index (χ3v) is 4.85. The molecule has 90 valence electrons. The maximum Gasteiger partial charge on any atom is 0.183 e. The number of nitrogens with one attached hydrogen (secondary N) is 1. The molecule has 1 saturated carbocycles. The van der Waals surface area contributed by atoms with Crippen molar-refractivity contribution in [2.75, 3.05) is 13.7 Å². The van der Waals surface area contributed by atoms with Crippen molar-refractivity contribution >= 4 is 31.9 Å². The molecule has 16 heavy (non-hydrogen) atoms. The van der Waals surface area contributed by atoms with Crippen molar-refractivity contribution in [3.8, 4) is 0 Å². The predicted octanol–water partition coefficient (Wildman–Crippen LogP) is 3.46. The largest absolute Gasteiger partial charge is 0.452 e. The Morgan fingerprint density at radius 1 is 1.50 bits per heavy atom. The molecule has 0 amide bonds. The van der Waals surface area contributed by atoms with Crippen LogP contribution in [-0.4, -0.2) is 19.3 Å². The highest BCUT2D eigenvalue weighted by atomic mass is 79.9. The van der Waals surface area contributed by atoms with Crippen molar-refractivity contribution in [3.05, 3.63) is 21.0 Å². The van der Waals surface area contributed by atoms with Gasteiger partial charge in [-0.1, -0.05) is 0 Å². The average molecular weight is 353 g/mol. The summed E-state index contributed by atoms with van der Waals surface area (Å²) in [5, 5.41) is 3.38. The quantitative estimate of drug-likeness (QED) is 0.881. The van der Waals surface area contributed by atoms with E-state index in [4.69, 9.17) is 9.15 Å². The standard InChI is InChI=1S/C11H15Br2NO2/c1-15-11(3-2-4-11)7-14-6-8-5-9(12)10(13)16-8/h5,14H,2-4,6-7H2,1H3. The summed E-state index contributed by atoms with van der Waals surface area (Å²) >= 11 is 6.71. The first-order valence-electron chi connectivity index (χ1n) is 5.35. The van der Waals surface area contributed by atoms with Gasteiger partial charge < -0.3 is 14.5 Å². The summed E-state index contributed by atoms with van der Waals surface area (Å²) in [4.78, 5) is 0. The molecule has 0 bridgehead atoms. The molecule has 2 rings (SSSR count). The molecule has 1 N–H and O–H groups in total. The Labute approximate surface area is 112 Å². The highest BCUT2D eigenvalue weighted by Crippen LogP contribution is 2.34. The maximum atomic E-state index is 5.53. The predicted molar refractivity (Wildman–Crippen MR) is 69.4 cm³/mol. The van der Waals surface area contributed by atoms with Crippen LogP contribution in [0.1, 0.15) is 25.0 Å². The monoisotopic (exact) mass is 351 g/mol. The van der Waals surface area contributed by atoms with Gasteiger partial charge in [0.05, 0.1) is 16.6 Å². The summed E-state index contributed by atoms with van der Waals surface area (Å²) in [5.74, 6) is 0.921. The van der Waals surface area contributed by atoms with Crippen molar-refractivity contribution in [1.82, 2.24) is 5.32 Å². The van der Waals surface area contributed by atoms with Gasteiger partial charge in [-0.25, -0.2) is 0 Å². The molecular weight excluding hydrogens is 338 g/mol. The SMILES string of the molecule is COC1(CNCc2cc(Br)c(Br)o2)CCC1. The van der Waals surface area contributed by atoms with Crippen LogP contribution < -0.4 is 5.32 Å². The minimum atomic E-state index is 0.0705. The molecule has 1 aliphatic carbocycles. The van der Waals surface area contributed by atoms with Crippen LogP contribution in [-0.2, 0) is 11.3 Å². The van der Waals surface area contributed by atoms with Gasteiger partial charge in [-0.15, -0.1) is 0 Å². The molecule has 0 spiro atoms. The van der Waals surface area contributed by atoms with E-state index in [0.29, 0.717) is 0 Å². The fraction of sp³-hybridized carbons (Fsp3) is 0.636. The molecule has 1 aromatic heterocycles. The minimum absolute atomic E-state index is 0.0705. The van der Waals surface area contributed by atoms with E-state index in [0.717, 1.165) is 40.8 Å². The molecule has 1 fully saturated rings. The second-order valence-corrected chi connectivity index (χ2v) is 5.75. The zero-order chi connectivity index (χ0) is 11.6. The third kappa shape index (κ3) is 2.70. The first-order chi connectivity index (χ1) is 7.65. The van der Waals surface area contributed by atoms with Crippen molar-refractivity contribution in [3.63, 3.8) is 0 Å². The van der Waals surface area contributed by atoms with Crippen LogP contribution in [0.2, 0.25) is 0 Å². The molecule has 0 aromatic carbocycles. The van der Waals surface area contributed by atoms with Crippen LogP contribution in [0.15, 0.2) is 19.6 Å². The van der Waals surface area contributed by atoms with E-state index in [9.17, 15) is 0 Å². The zero-order valence-electron chi connectivity index (χ0n) is 9.19. The Morgan fingerprint density at radius 3 is 2.69 bits per heavy atom. The lowest BCUT2D eigenvalue weighted by molar-refractivity contribution is -0.0697. The Hall–Kier alpha value is 0.160. The lowest BCUT2D eigenvalue weighted by Crippen LogP contribution is -2.47. The van der Waals surface area contributed by atoms with Crippen molar-refractivity contribution in [1.29, 1.82) is 0 Å². The molecule has 0 atom stereocenters. The molecule has 5 heteroatoms. The van der Waals surface area contributed by atoms with E-state index in [1.807, 2.05) is 6.07 Å². The Morgan fingerprint density at radius 2 is 2.25 bits per heavy atom. The summed E-state index contributed by atoms with van der Waals surface area (Å²) < 4.78 is 12.7. The molecule has 1 heterocycles. The van der Waals surface area contributed by atoms with Gasteiger partial charge in [0.2, 0.25) is 0 Å². The van der Waals surface area contributed by atoms with Crippen LogP contribution >= 0.6 is 31.9 Å². The van der Waals surface area contributed by atoms with Crippen molar-refractivity contribution in [2.45, 2.75) is 31.4 Å². The fourth-order valence-corrected chi connectivity index (χ4v) is 2.57. The van der Waals surface area contributed by atoms with E-state index in [1.165, 1.54) is 6.42 Å². The third-order valence-electron chi connectivity index (χ3n) is 3.14. The van der Waals surface area contributed by atoms with E-state index < -0.39 is 0 Å². The average Bonchev–Trinajstić information content (AvgIpc) is 2.51. The van der Waals surface area contributed by atoms with Gasteiger partial charge in [0, 0.05) is 13.7 Å². The van der Waals surface area contributed by atoms with Gasteiger partial charge in [0.1, 0.15) is 5.76 Å². The Bertz CT molecular complexity index is 336. The highest BCUT2D eigenvalue weighted by molar-refractivity contribution is 9.13. The highest BCUT2D eigenvalue weighted by Gasteiger charge is 2.36. The number of hydrogen-bond donors (Lipinski definition) is 1. The summed E-state index contributed by atoms with van der Waals surface area (Å²) in [7, 11) is 1.79. The van der Waals surface area contributed by atoms with Gasteiger partial charge >= 0.3 is 0 Å². The number of methoxy groups -OCH3 is 1. The normalized spacial score (nSPS) is 18.4. The maximum absolute atomic E-state index is 5.53. The fourth-order valence-electron chi connectivity index (χ4n) is 1.92. The molecule has 0 radical (unpaired) electrons.